The first-order valence-corrected chi connectivity index (χ1v) is 7.81. The molecule has 2 rings (SSSR count). The molecule has 1 saturated carbocycles. The van der Waals surface area contributed by atoms with Gasteiger partial charge in [-0.3, -0.25) is 0 Å². The van der Waals surface area contributed by atoms with Gasteiger partial charge < -0.3 is 19.5 Å². The highest BCUT2D eigenvalue weighted by Crippen LogP contribution is 2.39. The van der Waals surface area contributed by atoms with Crippen molar-refractivity contribution in [3.8, 4) is 17.2 Å². The molecule has 0 aliphatic heterocycles. The molecule has 1 aliphatic rings. The smallest absolute Gasteiger partial charge is 0.203 e. The maximum atomic E-state index is 5.53. The van der Waals surface area contributed by atoms with E-state index in [-0.39, 0.29) is 12.4 Å². The molecule has 1 aromatic rings. The first-order chi connectivity index (χ1) is 10.3. The van der Waals surface area contributed by atoms with Crippen molar-refractivity contribution in [2.75, 3.05) is 21.3 Å². The van der Waals surface area contributed by atoms with Gasteiger partial charge in [0.1, 0.15) is 0 Å². The number of ether oxygens (including phenoxy) is 3. The van der Waals surface area contributed by atoms with Gasteiger partial charge in [0.25, 0.3) is 0 Å². The van der Waals surface area contributed by atoms with E-state index in [9.17, 15) is 0 Å². The van der Waals surface area contributed by atoms with Crippen molar-refractivity contribution in [2.24, 2.45) is 0 Å². The van der Waals surface area contributed by atoms with Crippen LogP contribution in [0.15, 0.2) is 12.1 Å². The molecule has 0 atom stereocenters. The first kappa shape index (κ1) is 18.9. The van der Waals surface area contributed by atoms with Crippen molar-refractivity contribution < 1.29 is 14.2 Å². The molecule has 5 heteroatoms. The normalized spacial score (nSPS) is 15.6. The minimum absolute atomic E-state index is 0. The van der Waals surface area contributed by atoms with E-state index in [0.717, 1.165) is 17.9 Å². The Kier molecular flexibility index (Phi) is 8.43. The first-order valence-electron chi connectivity index (χ1n) is 7.81. The number of benzene rings is 1. The molecular weight excluding hydrogens is 302 g/mol. The van der Waals surface area contributed by atoms with Crippen LogP contribution in [-0.2, 0) is 6.54 Å². The van der Waals surface area contributed by atoms with Crippen molar-refractivity contribution in [3.63, 3.8) is 0 Å². The van der Waals surface area contributed by atoms with Crippen molar-refractivity contribution >= 4 is 12.4 Å². The summed E-state index contributed by atoms with van der Waals surface area (Å²) in [6, 6.07) is 4.60. The predicted octanol–water partition coefficient (Wildman–Crippen LogP) is 3.95. The van der Waals surface area contributed by atoms with Crippen molar-refractivity contribution in [1.82, 2.24) is 5.32 Å². The van der Waals surface area contributed by atoms with Gasteiger partial charge in [0.15, 0.2) is 11.5 Å². The minimum atomic E-state index is 0. The molecule has 0 bridgehead atoms. The highest BCUT2D eigenvalue weighted by molar-refractivity contribution is 5.85. The summed E-state index contributed by atoms with van der Waals surface area (Å²) in [5, 5.41) is 3.67. The molecule has 0 radical (unpaired) electrons. The average Bonchev–Trinajstić information content (AvgIpc) is 2.80. The van der Waals surface area contributed by atoms with E-state index in [2.05, 4.69) is 5.32 Å². The number of halogens is 1. The van der Waals surface area contributed by atoms with Gasteiger partial charge in [-0.2, -0.15) is 0 Å². The Morgan fingerprint density at radius 3 is 2.09 bits per heavy atom. The van der Waals surface area contributed by atoms with Crippen LogP contribution in [-0.4, -0.2) is 27.4 Å². The number of nitrogens with one attached hydrogen (secondary N) is 1. The number of rotatable bonds is 6. The summed E-state index contributed by atoms with van der Waals surface area (Å²) in [6.45, 7) is 0.800. The number of hydrogen-bond acceptors (Lipinski definition) is 4. The molecular formula is C17H28ClNO3. The summed E-state index contributed by atoms with van der Waals surface area (Å²) in [7, 11) is 4.95. The van der Waals surface area contributed by atoms with E-state index >= 15 is 0 Å². The molecule has 0 spiro atoms. The Hall–Kier alpha value is -1.13. The second-order valence-corrected chi connectivity index (χ2v) is 5.56. The molecule has 1 aliphatic carbocycles. The van der Waals surface area contributed by atoms with E-state index in [1.165, 1.54) is 38.5 Å². The lowest BCUT2D eigenvalue weighted by Gasteiger charge is -2.19. The largest absolute Gasteiger partial charge is 0.493 e. The van der Waals surface area contributed by atoms with Crippen molar-refractivity contribution in [2.45, 2.75) is 51.1 Å². The molecule has 0 amide bonds. The predicted molar refractivity (Wildman–Crippen MR) is 91.7 cm³/mol. The van der Waals surface area contributed by atoms with E-state index in [0.29, 0.717) is 17.5 Å². The van der Waals surface area contributed by atoms with Crippen LogP contribution in [0.2, 0.25) is 0 Å². The van der Waals surface area contributed by atoms with Crippen LogP contribution < -0.4 is 19.5 Å². The van der Waals surface area contributed by atoms with Crippen molar-refractivity contribution in [1.29, 1.82) is 0 Å². The third-order valence-electron chi connectivity index (χ3n) is 4.22. The molecule has 0 aromatic heterocycles. The second kappa shape index (κ2) is 9.80. The Balaban J connectivity index is 0.00000242. The highest BCUT2D eigenvalue weighted by atomic mass is 35.5. The van der Waals surface area contributed by atoms with E-state index < -0.39 is 0 Å². The van der Waals surface area contributed by atoms with Gasteiger partial charge in [-0.1, -0.05) is 31.7 Å². The molecule has 22 heavy (non-hydrogen) atoms. The van der Waals surface area contributed by atoms with Gasteiger partial charge in [0.05, 0.1) is 21.3 Å². The zero-order valence-corrected chi connectivity index (χ0v) is 14.6. The van der Waals surface area contributed by atoms with Gasteiger partial charge in [0, 0.05) is 18.2 Å². The summed E-state index contributed by atoms with van der Waals surface area (Å²) in [6.07, 6.45) is 7.96. The van der Waals surface area contributed by atoms with Gasteiger partial charge in [-0.15, -0.1) is 12.4 Å². The number of methoxy groups -OCH3 is 3. The Morgan fingerprint density at radius 2 is 1.55 bits per heavy atom. The third kappa shape index (κ3) is 4.68. The lowest BCUT2D eigenvalue weighted by Crippen LogP contribution is -2.28. The van der Waals surface area contributed by atoms with E-state index in [1.54, 1.807) is 21.3 Å². The fourth-order valence-electron chi connectivity index (χ4n) is 3.04. The maximum Gasteiger partial charge on any atom is 0.203 e. The minimum Gasteiger partial charge on any atom is -0.493 e. The summed E-state index contributed by atoms with van der Waals surface area (Å²) in [5.41, 5.74) is 1.11. The van der Waals surface area contributed by atoms with Crippen LogP contribution in [0.5, 0.6) is 17.2 Å². The summed E-state index contributed by atoms with van der Waals surface area (Å²) < 4.78 is 16.3. The van der Waals surface area contributed by atoms with Crippen molar-refractivity contribution in [3.05, 3.63) is 17.7 Å². The summed E-state index contributed by atoms with van der Waals surface area (Å²) in [5.74, 6) is 2.13. The summed E-state index contributed by atoms with van der Waals surface area (Å²) >= 11 is 0. The standard InChI is InChI=1S/C17H27NO3.ClH/c1-19-15-11-10-13(16(20-2)17(15)21-3)12-18-14-8-6-4-5-7-9-14;/h10-11,14,18H,4-9,12H2,1-3H3;1H. The van der Waals surface area contributed by atoms with E-state index in [4.69, 9.17) is 14.2 Å². The second-order valence-electron chi connectivity index (χ2n) is 5.56. The fraction of sp³-hybridized carbons (Fsp3) is 0.647. The molecule has 0 saturated heterocycles. The molecule has 1 aromatic carbocycles. The summed E-state index contributed by atoms with van der Waals surface area (Å²) in [4.78, 5) is 0. The Labute approximate surface area is 139 Å². The molecule has 0 unspecified atom stereocenters. The molecule has 1 N–H and O–H groups in total. The van der Waals surface area contributed by atoms with Crippen LogP contribution >= 0.6 is 12.4 Å². The zero-order chi connectivity index (χ0) is 15.1. The third-order valence-corrected chi connectivity index (χ3v) is 4.22. The topological polar surface area (TPSA) is 39.7 Å². The SMILES string of the molecule is COc1ccc(CNC2CCCCCC2)c(OC)c1OC.Cl. The van der Waals surface area contributed by atoms with Crippen LogP contribution in [0.1, 0.15) is 44.1 Å². The fourth-order valence-corrected chi connectivity index (χ4v) is 3.04. The lowest BCUT2D eigenvalue weighted by atomic mass is 10.1. The zero-order valence-electron chi connectivity index (χ0n) is 13.8. The van der Waals surface area contributed by atoms with Gasteiger partial charge in [0.2, 0.25) is 5.75 Å². The van der Waals surface area contributed by atoms with Gasteiger partial charge >= 0.3 is 0 Å². The van der Waals surface area contributed by atoms with Gasteiger partial charge in [-0.05, 0) is 18.9 Å². The highest BCUT2D eigenvalue weighted by Gasteiger charge is 2.17. The Bertz CT molecular complexity index is 446. The Morgan fingerprint density at radius 1 is 0.909 bits per heavy atom. The monoisotopic (exact) mass is 329 g/mol. The molecule has 126 valence electrons. The number of hydrogen-bond donors (Lipinski definition) is 1. The van der Waals surface area contributed by atoms with Crippen LogP contribution in [0.4, 0.5) is 0 Å². The average molecular weight is 330 g/mol. The quantitative estimate of drug-likeness (QED) is 0.802. The molecule has 4 nitrogen and oxygen atoms in total. The lowest BCUT2D eigenvalue weighted by molar-refractivity contribution is 0.320. The van der Waals surface area contributed by atoms with Crippen LogP contribution in [0.3, 0.4) is 0 Å². The maximum absolute atomic E-state index is 5.53. The molecule has 0 heterocycles. The van der Waals surface area contributed by atoms with Crippen LogP contribution in [0, 0.1) is 0 Å². The van der Waals surface area contributed by atoms with Crippen LogP contribution in [0.25, 0.3) is 0 Å². The van der Waals surface area contributed by atoms with Gasteiger partial charge in [-0.25, -0.2) is 0 Å². The van der Waals surface area contributed by atoms with E-state index in [1.807, 2.05) is 12.1 Å². The molecule has 1 fully saturated rings.